The fourth-order valence-corrected chi connectivity index (χ4v) is 14.3. The van der Waals surface area contributed by atoms with Crippen molar-refractivity contribution in [2.24, 2.45) is 0 Å². The third-order valence-electron chi connectivity index (χ3n) is 19.8. The molecule has 8 aromatic heterocycles. The number of halogens is 1. The van der Waals surface area contributed by atoms with Crippen LogP contribution in [0.3, 0.4) is 0 Å². The molecular formula is C91H73ClN20O4. The van der Waals surface area contributed by atoms with E-state index in [0.29, 0.717) is 22.7 Å². The highest BCUT2D eigenvalue weighted by Gasteiger charge is 2.18. The molecule has 0 aliphatic rings. The van der Waals surface area contributed by atoms with E-state index >= 15 is 0 Å². The minimum Gasteiger partial charge on any atom is -0.495 e. The Hall–Kier alpha value is -15.4. The first-order valence-corrected chi connectivity index (χ1v) is 37.6. The number of aryl methyl sites for hydroxylation is 2. The highest BCUT2D eigenvalue weighted by atomic mass is 35.5. The van der Waals surface area contributed by atoms with Gasteiger partial charge in [0, 0.05) is 65.8 Å². The highest BCUT2D eigenvalue weighted by Crippen LogP contribution is 2.37. The molecular weight excluding hydrogens is 1470 g/mol. The molecule has 0 saturated carbocycles. The number of methoxy groups -OCH3 is 4. The second-order valence-electron chi connectivity index (χ2n) is 26.7. The zero-order valence-corrected chi connectivity index (χ0v) is 64.4. The largest absolute Gasteiger partial charge is 0.495 e. The quantitative estimate of drug-likeness (QED) is 0.0660. The van der Waals surface area contributed by atoms with Crippen molar-refractivity contribution < 1.29 is 18.9 Å². The summed E-state index contributed by atoms with van der Waals surface area (Å²) in [7, 11) is 6.60. The van der Waals surface area contributed by atoms with Crippen molar-refractivity contribution in [2.45, 2.75) is 20.3 Å². The van der Waals surface area contributed by atoms with Gasteiger partial charge in [-0.1, -0.05) is 164 Å². The van der Waals surface area contributed by atoms with Crippen LogP contribution in [-0.2, 0) is 6.42 Å². The van der Waals surface area contributed by atoms with Crippen molar-refractivity contribution >= 4 is 145 Å². The van der Waals surface area contributed by atoms with Crippen LogP contribution in [0, 0.1) is 6.92 Å². The predicted octanol–water partition coefficient (Wildman–Crippen LogP) is 20.4. The zero-order chi connectivity index (χ0) is 79.0. The van der Waals surface area contributed by atoms with Crippen molar-refractivity contribution in [1.82, 2.24) is 79.0 Å². The Balaban J connectivity index is 0.000000111. The number of ether oxygens (including phenoxy) is 4. The Morgan fingerprint density at radius 2 is 0.664 bits per heavy atom. The average molecular weight is 1550 g/mol. The van der Waals surface area contributed by atoms with E-state index in [1.54, 1.807) is 41.0 Å². The molecule has 0 unspecified atom stereocenters. The van der Waals surface area contributed by atoms with Crippen molar-refractivity contribution in [1.29, 1.82) is 0 Å². The topological polar surface area (TPSA) is 259 Å². The van der Waals surface area contributed by atoms with Gasteiger partial charge in [0.2, 0.25) is 5.88 Å². The lowest BCUT2D eigenvalue weighted by atomic mass is 10.1. The van der Waals surface area contributed by atoms with Gasteiger partial charge in [0.15, 0.2) is 28.4 Å². The monoisotopic (exact) mass is 1540 g/mol. The van der Waals surface area contributed by atoms with Gasteiger partial charge in [-0.25, -0.2) is 19.9 Å². The number of anilines is 8. The molecule has 0 spiro atoms. The molecule has 0 saturated heterocycles. The van der Waals surface area contributed by atoms with Crippen LogP contribution in [-0.4, -0.2) is 107 Å². The third-order valence-corrected chi connectivity index (χ3v) is 20.1. The highest BCUT2D eigenvalue weighted by molar-refractivity contribution is 6.34. The first-order valence-electron chi connectivity index (χ1n) is 37.2. The van der Waals surface area contributed by atoms with Gasteiger partial charge < -0.3 is 40.2 Å². The van der Waals surface area contributed by atoms with Crippen LogP contribution in [0.4, 0.5) is 46.0 Å². The molecule has 4 N–H and O–H groups in total. The van der Waals surface area contributed by atoms with Gasteiger partial charge in [0.1, 0.15) is 42.6 Å². The van der Waals surface area contributed by atoms with E-state index in [1.807, 2.05) is 270 Å². The normalized spacial score (nSPS) is 11.1. The lowest BCUT2D eigenvalue weighted by Crippen LogP contribution is -2.00. The molecule has 0 aliphatic heterocycles. The summed E-state index contributed by atoms with van der Waals surface area (Å²) in [6.07, 6.45) is 10.0. The van der Waals surface area contributed by atoms with Gasteiger partial charge >= 0.3 is 0 Å². The zero-order valence-electron chi connectivity index (χ0n) is 63.7. The van der Waals surface area contributed by atoms with Crippen LogP contribution in [0.2, 0.25) is 5.15 Å². The summed E-state index contributed by atoms with van der Waals surface area (Å²) in [6.45, 7) is 4.13. The number of rotatable bonds is 17. The molecule has 25 heteroatoms. The molecule has 0 amide bonds. The number of hydrogen-bond donors (Lipinski definition) is 4. The molecule has 0 radical (unpaired) electrons. The molecule has 0 fully saturated rings. The van der Waals surface area contributed by atoms with Crippen molar-refractivity contribution in [2.75, 3.05) is 49.7 Å². The minimum absolute atomic E-state index is 0.398. The van der Waals surface area contributed by atoms with E-state index in [4.69, 9.17) is 30.5 Å². The Kier molecular flexibility index (Phi) is 20.8. The Bertz CT molecular complexity index is 6790. The number of hydrogen-bond acceptors (Lipinski definition) is 20. The summed E-state index contributed by atoms with van der Waals surface area (Å²) >= 11 is 6.18. The van der Waals surface area contributed by atoms with Crippen molar-refractivity contribution in [3.05, 3.63) is 315 Å². The van der Waals surface area contributed by atoms with E-state index in [1.165, 1.54) is 5.56 Å². The van der Waals surface area contributed by atoms with Crippen LogP contribution in [0.5, 0.6) is 23.1 Å². The summed E-state index contributed by atoms with van der Waals surface area (Å²) < 4.78 is 30.0. The lowest BCUT2D eigenvalue weighted by Gasteiger charge is -2.11. The van der Waals surface area contributed by atoms with E-state index in [9.17, 15) is 0 Å². The first kappa shape index (κ1) is 73.4. The fourth-order valence-electron chi connectivity index (χ4n) is 14.1. The molecule has 0 bridgehead atoms. The third kappa shape index (κ3) is 14.8. The maximum Gasteiger partial charge on any atom is 0.241 e. The average Bonchev–Trinajstić information content (AvgIpc) is 1.67. The van der Waals surface area contributed by atoms with Gasteiger partial charge in [-0.15, -0.1) is 30.6 Å². The molecule has 20 aromatic rings. The van der Waals surface area contributed by atoms with Crippen molar-refractivity contribution in [3.8, 4) is 45.9 Å². The van der Waals surface area contributed by atoms with E-state index < -0.39 is 0 Å². The second kappa shape index (κ2) is 32.9. The van der Waals surface area contributed by atoms with Crippen molar-refractivity contribution in [3.63, 3.8) is 0 Å². The van der Waals surface area contributed by atoms with Crippen LogP contribution < -0.4 is 40.2 Å². The van der Waals surface area contributed by atoms with Crippen LogP contribution in [0.1, 0.15) is 18.2 Å². The Morgan fingerprint density at radius 3 is 1.11 bits per heavy atom. The SMILES string of the molecule is CCc1ccccc1-n1cnc2cc(Nc3nnc(Cl)c4ccccc34)ccc21.COc1ccccc1-n1cnc2cc(Nc3nnc(C)c4ccccc34)ccc21.COc1ccccc1-n1cnc2cc(Nc3nnc(OC)c4ccccc34)ccc21.COc1ccccc1-n1cnc2cc(Nc3nncc4ccccc34)ccc21. The molecule has 568 valence electrons. The standard InChI is InChI=1S/C23H18ClN5.C23H19N5O2.C23H19N5O.C22H17N5O/c1-2-15-7-3-6-10-20(15)29-14-25-19-13-16(11-12-21(19)29)26-23-18-9-5-4-8-17(18)22(24)27-28-23;1-29-21-10-6-5-9-20(21)28-14-24-18-13-15(11-12-19(18)28)25-22-16-7-3-4-8-17(16)23(30-2)27-26-22;1-15-17-7-3-4-8-18(17)23(27-26-15)25-16-11-12-20-19(13-16)24-14-28(20)21-9-5-6-10-22(21)29-2;1-28-21-9-5-4-8-20(21)27-14-23-18-12-16(10-11-19(18)27)25-22-17-7-3-2-6-15(17)13-24-26-22/h3-14H,2H2,1H3,(H,26,28);3-14H,1-2H3,(H,25,26);3-14H,1-2H3,(H,25,27);2-14H,1H3,(H,25,26). The number of fused-ring (bicyclic) bond motifs is 8. The number of nitrogens with one attached hydrogen (secondary N) is 4. The van der Waals surface area contributed by atoms with E-state index in [2.05, 4.69) is 130 Å². The molecule has 24 nitrogen and oxygen atoms in total. The molecule has 12 aromatic carbocycles. The van der Waals surface area contributed by atoms with Gasteiger partial charge in [-0.2, -0.15) is 10.2 Å². The van der Waals surface area contributed by atoms with Gasteiger partial charge in [0.05, 0.1) is 107 Å². The van der Waals surface area contributed by atoms with Crippen LogP contribution >= 0.6 is 11.6 Å². The molecule has 8 heterocycles. The second-order valence-corrected chi connectivity index (χ2v) is 27.1. The van der Waals surface area contributed by atoms with E-state index in [-0.39, 0.29) is 0 Å². The van der Waals surface area contributed by atoms with Gasteiger partial charge in [-0.3, -0.25) is 18.3 Å². The number of para-hydroxylation sites is 7. The number of nitrogens with zero attached hydrogens (tertiary/aromatic N) is 16. The summed E-state index contributed by atoms with van der Waals surface area (Å²) in [6, 6.07) is 88.2. The van der Waals surface area contributed by atoms with Gasteiger partial charge in [-0.05, 0) is 140 Å². The smallest absolute Gasteiger partial charge is 0.241 e. The maximum atomic E-state index is 6.18. The number of benzene rings is 12. The van der Waals surface area contributed by atoms with Crippen LogP contribution in [0.25, 0.3) is 110 Å². The number of imidazole rings is 4. The molecule has 20 rings (SSSR count). The molecule has 0 aliphatic carbocycles. The summed E-state index contributed by atoms with van der Waals surface area (Å²) in [5.41, 5.74) is 17.4. The molecule has 116 heavy (non-hydrogen) atoms. The Morgan fingerprint density at radius 1 is 0.319 bits per heavy atom. The lowest BCUT2D eigenvalue weighted by molar-refractivity contribution is 0.398. The minimum atomic E-state index is 0.398. The number of aromatic nitrogens is 16. The maximum absolute atomic E-state index is 6.18. The first-order chi connectivity index (χ1) is 57.1. The fraction of sp³-hybridized carbons (Fsp3) is 0.0769. The summed E-state index contributed by atoms with van der Waals surface area (Å²) in [4.78, 5) is 18.3. The van der Waals surface area contributed by atoms with E-state index in [0.717, 1.165) is 174 Å². The van der Waals surface area contributed by atoms with Crippen LogP contribution in [0.15, 0.2) is 298 Å². The summed E-state index contributed by atoms with van der Waals surface area (Å²) in [5, 5.41) is 55.5. The summed E-state index contributed by atoms with van der Waals surface area (Å²) in [5.74, 6) is 5.68. The van der Waals surface area contributed by atoms with Gasteiger partial charge in [0.25, 0.3) is 0 Å². The Labute approximate surface area is 669 Å². The predicted molar refractivity (Wildman–Crippen MR) is 461 cm³/mol. The molecule has 0 atom stereocenters.